The number of methoxy groups -OCH3 is 2. The summed E-state index contributed by atoms with van der Waals surface area (Å²) >= 11 is 6.33. The summed E-state index contributed by atoms with van der Waals surface area (Å²) in [6.45, 7) is 0. The number of carbonyl (C=O) groups is 1. The lowest BCUT2D eigenvalue weighted by molar-refractivity contribution is -0.191. The molecule has 0 radical (unpaired) electrons. The van der Waals surface area contributed by atoms with Crippen molar-refractivity contribution < 1.29 is 27.1 Å². The Morgan fingerprint density at radius 1 is 1.58 bits per heavy atom. The van der Waals surface area contributed by atoms with Gasteiger partial charge in [-0.05, 0) is 0 Å². The molecule has 0 saturated heterocycles. The topological polar surface area (TPSA) is 82.6 Å². The molecule has 0 amide bonds. The number of aromatic nitrogens is 1. The first-order valence-corrected chi connectivity index (χ1v) is 7.76. The van der Waals surface area contributed by atoms with Crippen molar-refractivity contribution in [1.29, 1.82) is 0 Å². The van der Waals surface area contributed by atoms with Gasteiger partial charge < -0.3 is 9.47 Å². The Bertz CT molecular complexity index is 561. The van der Waals surface area contributed by atoms with E-state index in [0.29, 0.717) is 0 Å². The van der Waals surface area contributed by atoms with Crippen LogP contribution in [-0.4, -0.2) is 45.2 Å². The van der Waals surface area contributed by atoms with E-state index >= 15 is 0 Å². The van der Waals surface area contributed by atoms with Crippen LogP contribution in [0.4, 0.5) is 4.39 Å². The summed E-state index contributed by atoms with van der Waals surface area (Å²) in [5, 5.41) is 0. The molecule has 0 saturated carbocycles. The lowest BCUT2D eigenvalue weighted by atomic mass is 10.2. The van der Waals surface area contributed by atoms with Gasteiger partial charge >= 0.3 is 11.8 Å². The molecule has 10 heteroatoms. The van der Waals surface area contributed by atoms with E-state index in [4.69, 9.17) is 11.6 Å². The average molecular weight is 332 g/mol. The number of thiazole rings is 1. The molecule has 0 aliphatic heterocycles. The Hall–Kier alpha value is -0.770. The van der Waals surface area contributed by atoms with Gasteiger partial charge in [0.2, 0.25) is 14.2 Å². The molecule has 0 aliphatic rings. The maximum absolute atomic E-state index is 14.0. The van der Waals surface area contributed by atoms with Crippen LogP contribution in [0.5, 0.6) is 0 Å². The predicted molar refractivity (Wildman–Crippen MR) is 66.7 cm³/mol. The van der Waals surface area contributed by atoms with Crippen molar-refractivity contribution in [3.63, 3.8) is 0 Å². The highest BCUT2D eigenvalue weighted by atomic mass is 35.5. The Morgan fingerprint density at radius 3 is 2.63 bits per heavy atom. The monoisotopic (exact) mass is 331 g/mol. The highest BCUT2D eigenvalue weighted by Gasteiger charge is 2.41. The van der Waals surface area contributed by atoms with Crippen molar-refractivity contribution in [2.24, 2.45) is 0 Å². The molecule has 0 N–H and O–H groups in total. The second-order valence-corrected chi connectivity index (χ2v) is 7.37. The molecule has 1 atom stereocenters. The summed E-state index contributed by atoms with van der Waals surface area (Å²) in [4.78, 5) is 14.8. The van der Waals surface area contributed by atoms with Gasteiger partial charge in [-0.25, -0.2) is 18.2 Å². The fourth-order valence-electron chi connectivity index (χ4n) is 1.18. The highest BCUT2D eigenvalue weighted by Crippen LogP contribution is 2.26. The number of alkyl halides is 1. The summed E-state index contributed by atoms with van der Waals surface area (Å²) < 4.78 is 46.2. The maximum Gasteiger partial charge on any atom is 0.371 e. The van der Waals surface area contributed by atoms with Crippen molar-refractivity contribution in [3.05, 3.63) is 10.5 Å². The molecular weight excluding hydrogens is 321 g/mol. The number of esters is 1. The molecule has 0 spiro atoms. The third-order valence-electron chi connectivity index (χ3n) is 2.23. The first kappa shape index (κ1) is 16.3. The van der Waals surface area contributed by atoms with E-state index in [-0.39, 0.29) is 8.68 Å². The van der Waals surface area contributed by atoms with Crippen LogP contribution in [0.1, 0.15) is 6.42 Å². The molecule has 0 fully saturated rings. The third-order valence-corrected chi connectivity index (χ3v) is 5.53. The first-order valence-electron chi connectivity index (χ1n) is 4.92. The van der Waals surface area contributed by atoms with Crippen molar-refractivity contribution >= 4 is 38.7 Å². The molecule has 1 rings (SSSR count). The smallest absolute Gasteiger partial charge is 0.371 e. The van der Waals surface area contributed by atoms with Gasteiger partial charge in [-0.3, -0.25) is 0 Å². The Kier molecular flexibility index (Phi) is 5.25. The van der Waals surface area contributed by atoms with Crippen molar-refractivity contribution in [1.82, 2.24) is 4.98 Å². The van der Waals surface area contributed by atoms with E-state index in [9.17, 15) is 17.6 Å². The van der Waals surface area contributed by atoms with E-state index in [1.54, 1.807) is 0 Å². The number of hydrogen-bond donors (Lipinski definition) is 0. The van der Waals surface area contributed by atoms with Crippen LogP contribution < -0.4 is 0 Å². The molecule has 1 heterocycles. The van der Waals surface area contributed by atoms with Gasteiger partial charge in [-0.1, -0.05) is 22.9 Å². The number of halogens is 2. The number of ether oxygens (including phenoxy) is 2. The lowest BCUT2D eigenvalue weighted by Crippen LogP contribution is -2.38. The quantitative estimate of drug-likeness (QED) is 0.734. The van der Waals surface area contributed by atoms with Crippen molar-refractivity contribution in [3.8, 4) is 0 Å². The predicted octanol–water partition coefficient (Wildman–Crippen LogP) is 1.45. The molecule has 1 aromatic rings. The van der Waals surface area contributed by atoms with Crippen LogP contribution in [0.3, 0.4) is 0 Å². The van der Waals surface area contributed by atoms with Crippen LogP contribution in [0.2, 0.25) is 4.34 Å². The minimum Gasteiger partial charge on any atom is -0.465 e. The number of hydrogen-bond acceptors (Lipinski definition) is 7. The van der Waals surface area contributed by atoms with Crippen molar-refractivity contribution in [2.75, 3.05) is 20.0 Å². The first-order chi connectivity index (χ1) is 8.75. The minimum atomic E-state index is -3.83. The molecule has 0 aliphatic carbocycles. The molecule has 108 valence electrons. The van der Waals surface area contributed by atoms with Gasteiger partial charge in [0.1, 0.15) is 4.34 Å². The third kappa shape index (κ3) is 3.85. The van der Waals surface area contributed by atoms with Gasteiger partial charge in [0, 0.05) is 13.5 Å². The normalized spacial score (nSPS) is 14.9. The van der Waals surface area contributed by atoms with Crippen LogP contribution in [0.15, 0.2) is 10.5 Å². The molecule has 0 bridgehead atoms. The Morgan fingerprint density at radius 2 is 2.21 bits per heavy atom. The summed E-state index contributed by atoms with van der Waals surface area (Å²) in [6, 6.07) is 0. The SMILES string of the molecule is COC(=O)C(F)(CCS(=O)(=O)c1ncc(Cl)s1)OC. The second-order valence-electron chi connectivity index (χ2n) is 3.42. The van der Waals surface area contributed by atoms with Crippen LogP contribution >= 0.6 is 22.9 Å². The van der Waals surface area contributed by atoms with Crippen LogP contribution in [-0.2, 0) is 24.1 Å². The largest absolute Gasteiger partial charge is 0.465 e. The summed E-state index contributed by atoms with van der Waals surface area (Å²) in [6.07, 6.45) is 0.480. The van der Waals surface area contributed by atoms with Gasteiger partial charge in [0.15, 0.2) is 0 Å². The average Bonchev–Trinajstić information content (AvgIpc) is 2.82. The van der Waals surface area contributed by atoms with Crippen molar-refractivity contribution in [2.45, 2.75) is 16.6 Å². The number of sulfone groups is 1. The highest BCUT2D eigenvalue weighted by molar-refractivity contribution is 7.93. The summed E-state index contributed by atoms with van der Waals surface area (Å²) in [5.41, 5.74) is 0. The molecular formula is C9H11ClFNO5S2. The molecule has 1 unspecified atom stereocenters. The van der Waals surface area contributed by atoms with Crippen LogP contribution in [0.25, 0.3) is 0 Å². The zero-order chi connectivity index (χ0) is 14.7. The summed E-state index contributed by atoms with van der Waals surface area (Å²) in [5.74, 6) is -4.75. The van der Waals surface area contributed by atoms with E-state index in [0.717, 1.165) is 25.6 Å². The zero-order valence-electron chi connectivity index (χ0n) is 10.1. The standard InChI is InChI=1S/C9H11ClFNO5S2/c1-16-7(13)9(11,17-2)3-4-19(14,15)8-12-5-6(10)18-8/h5H,3-4H2,1-2H3. The molecule has 6 nitrogen and oxygen atoms in total. The van der Waals surface area contributed by atoms with Gasteiger partial charge in [0.05, 0.1) is 19.1 Å². The number of nitrogens with zero attached hydrogens (tertiary/aromatic N) is 1. The van der Waals surface area contributed by atoms with Crippen LogP contribution in [0, 0.1) is 0 Å². The fourth-order valence-corrected chi connectivity index (χ4v) is 3.91. The van der Waals surface area contributed by atoms with E-state index < -0.39 is 33.8 Å². The Labute approximate surface area is 118 Å². The maximum atomic E-state index is 14.0. The fraction of sp³-hybridized carbons (Fsp3) is 0.556. The number of rotatable bonds is 6. The van der Waals surface area contributed by atoms with Gasteiger partial charge in [0.25, 0.3) is 0 Å². The second kappa shape index (κ2) is 6.12. The van der Waals surface area contributed by atoms with E-state index in [2.05, 4.69) is 14.5 Å². The minimum absolute atomic E-state index is 0.199. The Balaban J connectivity index is 2.83. The zero-order valence-corrected chi connectivity index (χ0v) is 12.4. The van der Waals surface area contributed by atoms with Gasteiger partial charge in [-0.15, -0.1) is 0 Å². The molecule has 0 aromatic carbocycles. The molecule has 19 heavy (non-hydrogen) atoms. The summed E-state index contributed by atoms with van der Waals surface area (Å²) in [7, 11) is -1.90. The molecule has 1 aromatic heterocycles. The lowest BCUT2D eigenvalue weighted by Gasteiger charge is -2.19. The van der Waals surface area contributed by atoms with Gasteiger partial charge in [-0.2, -0.15) is 4.39 Å². The number of carbonyl (C=O) groups excluding carboxylic acids is 1. The van der Waals surface area contributed by atoms with E-state index in [1.165, 1.54) is 6.20 Å². The van der Waals surface area contributed by atoms with E-state index in [1.807, 2.05) is 0 Å².